The van der Waals surface area contributed by atoms with E-state index in [-0.39, 0.29) is 36.4 Å². The molecule has 1 saturated heterocycles. The molecular formula is C24H24N4O5S. The lowest BCUT2D eigenvalue weighted by Crippen LogP contribution is -2.26. The van der Waals surface area contributed by atoms with E-state index < -0.39 is 11.9 Å². The summed E-state index contributed by atoms with van der Waals surface area (Å²) >= 11 is 1.05. The molecule has 1 N–H and O–H groups in total. The Kier molecular flexibility index (Phi) is 7.17. The lowest BCUT2D eigenvalue weighted by Gasteiger charge is -2.17. The van der Waals surface area contributed by atoms with Crippen molar-refractivity contribution in [2.75, 3.05) is 23.4 Å². The van der Waals surface area contributed by atoms with Crippen LogP contribution in [0.25, 0.3) is 0 Å². The molecule has 4 rings (SSSR count). The van der Waals surface area contributed by atoms with Crippen LogP contribution >= 0.6 is 11.3 Å². The Bertz CT molecular complexity index is 1180. The van der Waals surface area contributed by atoms with E-state index in [9.17, 15) is 14.4 Å². The fraction of sp³-hybridized carbons (Fsp3) is 0.292. The number of hydrogen-bond acceptors (Lipinski definition) is 8. The lowest BCUT2D eigenvalue weighted by atomic mass is 10.1. The van der Waals surface area contributed by atoms with Crippen LogP contribution in [-0.4, -0.2) is 41.1 Å². The second kappa shape index (κ2) is 10.4. The van der Waals surface area contributed by atoms with E-state index in [2.05, 4.69) is 15.5 Å². The molecule has 1 aliphatic rings. The SMILES string of the molecule is CCOc1ccc(N2C[C@@H](C(=O)OCc3nnc(C(=O)Nc4ccc(C)cc4)s3)CC2=O)cc1. The predicted octanol–water partition coefficient (Wildman–Crippen LogP) is 3.59. The highest BCUT2D eigenvalue weighted by molar-refractivity contribution is 7.13. The fourth-order valence-electron chi connectivity index (χ4n) is 3.48. The van der Waals surface area contributed by atoms with Crippen molar-refractivity contribution in [3.8, 4) is 5.75 Å². The average Bonchev–Trinajstić information content (AvgIpc) is 3.47. The molecule has 0 spiro atoms. The number of nitrogens with one attached hydrogen (secondary N) is 1. The van der Waals surface area contributed by atoms with Gasteiger partial charge in [-0.3, -0.25) is 14.4 Å². The van der Waals surface area contributed by atoms with Crippen molar-refractivity contribution in [1.29, 1.82) is 0 Å². The summed E-state index contributed by atoms with van der Waals surface area (Å²) in [4.78, 5) is 38.9. The van der Waals surface area contributed by atoms with E-state index >= 15 is 0 Å². The van der Waals surface area contributed by atoms with E-state index in [1.54, 1.807) is 41.3 Å². The molecule has 2 aromatic carbocycles. The molecule has 2 amide bonds. The Morgan fingerprint density at radius 1 is 1.12 bits per heavy atom. The minimum absolute atomic E-state index is 0.0758. The first-order valence-electron chi connectivity index (χ1n) is 10.8. The molecule has 0 saturated carbocycles. The molecule has 2 heterocycles. The van der Waals surface area contributed by atoms with Crippen LogP contribution in [0.1, 0.15) is 33.7 Å². The molecule has 1 aliphatic heterocycles. The van der Waals surface area contributed by atoms with Gasteiger partial charge in [0.15, 0.2) is 5.01 Å². The summed E-state index contributed by atoms with van der Waals surface area (Å²) in [5.74, 6) is -0.861. The first-order chi connectivity index (χ1) is 16.4. The largest absolute Gasteiger partial charge is 0.494 e. The minimum atomic E-state index is -0.573. The van der Waals surface area contributed by atoms with Gasteiger partial charge in [-0.2, -0.15) is 0 Å². The number of hydrogen-bond donors (Lipinski definition) is 1. The van der Waals surface area contributed by atoms with Gasteiger partial charge >= 0.3 is 5.97 Å². The molecule has 0 bridgehead atoms. The number of anilines is 2. The number of carbonyl (C=O) groups excluding carboxylic acids is 3. The van der Waals surface area contributed by atoms with E-state index in [4.69, 9.17) is 9.47 Å². The summed E-state index contributed by atoms with van der Waals surface area (Å²) in [6.07, 6.45) is 0.0758. The number of ether oxygens (including phenoxy) is 2. The predicted molar refractivity (Wildman–Crippen MR) is 127 cm³/mol. The van der Waals surface area contributed by atoms with E-state index in [0.29, 0.717) is 23.0 Å². The van der Waals surface area contributed by atoms with Gasteiger partial charge in [-0.05, 0) is 50.2 Å². The van der Waals surface area contributed by atoms with Gasteiger partial charge in [0.05, 0.1) is 12.5 Å². The zero-order valence-electron chi connectivity index (χ0n) is 18.8. The van der Waals surface area contributed by atoms with Crippen LogP contribution in [0, 0.1) is 12.8 Å². The minimum Gasteiger partial charge on any atom is -0.494 e. The highest BCUT2D eigenvalue weighted by atomic mass is 32.1. The van der Waals surface area contributed by atoms with Crippen LogP contribution in [-0.2, 0) is 20.9 Å². The molecule has 34 heavy (non-hydrogen) atoms. The Balaban J connectivity index is 1.29. The molecule has 176 valence electrons. The van der Waals surface area contributed by atoms with Crippen molar-refractivity contribution in [2.24, 2.45) is 5.92 Å². The number of carbonyl (C=O) groups is 3. The van der Waals surface area contributed by atoms with Gasteiger partial charge in [0.2, 0.25) is 10.9 Å². The summed E-state index contributed by atoms with van der Waals surface area (Å²) in [6.45, 7) is 4.55. The fourth-order valence-corrected chi connectivity index (χ4v) is 4.13. The van der Waals surface area contributed by atoms with Gasteiger partial charge in [0.25, 0.3) is 5.91 Å². The third-order valence-electron chi connectivity index (χ3n) is 5.23. The van der Waals surface area contributed by atoms with Gasteiger partial charge in [-0.25, -0.2) is 0 Å². The summed E-state index contributed by atoms with van der Waals surface area (Å²) in [5.41, 5.74) is 2.45. The average molecular weight is 481 g/mol. The summed E-state index contributed by atoms with van der Waals surface area (Å²) in [6, 6.07) is 14.6. The first kappa shape index (κ1) is 23.4. The molecule has 3 aromatic rings. The number of nitrogens with zero attached hydrogens (tertiary/aromatic N) is 3. The van der Waals surface area contributed by atoms with Crippen LogP contribution in [0.4, 0.5) is 11.4 Å². The Hall–Kier alpha value is -3.79. The van der Waals surface area contributed by atoms with E-state index in [1.807, 2.05) is 26.0 Å². The zero-order valence-corrected chi connectivity index (χ0v) is 19.6. The number of amides is 2. The van der Waals surface area contributed by atoms with Crippen molar-refractivity contribution in [3.63, 3.8) is 0 Å². The van der Waals surface area contributed by atoms with Crippen LogP contribution in [0.2, 0.25) is 0 Å². The monoisotopic (exact) mass is 480 g/mol. The zero-order chi connectivity index (χ0) is 24.1. The molecule has 10 heteroatoms. The second-order valence-corrected chi connectivity index (χ2v) is 8.82. The molecule has 1 aromatic heterocycles. The molecule has 0 unspecified atom stereocenters. The van der Waals surface area contributed by atoms with Crippen molar-refractivity contribution in [1.82, 2.24) is 10.2 Å². The topological polar surface area (TPSA) is 111 Å². The van der Waals surface area contributed by atoms with Crippen LogP contribution in [0.3, 0.4) is 0 Å². The molecule has 9 nitrogen and oxygen atoms in total. The smallest absolute Gasteiger partial charge is 0.311 e. The standard InChI is InChI=1S/C24H24N4O5S/c1-3-32-19-10-8-18(9-11-19)28-13-16(12-21(28)29)24(31)33-14-20-26-27-23(34-20)22(30)25-17-6-4-15(2)5-7-17/h4-11,16H,3,12-14H2,1-2H3,(H,25,30)/t16-/m0/s1. The van der Waals surface area contributed by atoms with Crippen LogP contribution in [0.5, 0.6) is 5.75 Å². The third-order valence-corrected chi connectivity index (χ3v) is 6.12. The Morgan fingerprint density at radius 3 is 2.56 bits per heavy atom. The summed E-state index contributed by atoms with van der Waals surface area (Å²) < 4.78 is 10.8. The van der Waals surface area contributed by atoms with Gasteiger partial charge < -0.3 is 19.7 Å². The maximum atomic E-state index is 12.5. The summed E-state index contributed by atoms with van der Waals surface area (Å²) in [7, 11) is 0. The first-order valence-corrected chi connectivity index (χ1v) is 11.6. The number of aromatic nitrogens is 2. The van der Waals surface area contributed by atoms with E-state index in [0.717, 1.165) is 22.6 Å². The van der Waals surface area contributed by atoms with Crippen molar-refractivity contribution in [2.45, 2.75) is 26.9 Å². The third kappa shape index (κ3) is 5.57. The number of aryl methyl sites for hydroxylation is 1. The second-order valence-electron chi connectivity index (χ2n) is 7.76. The van der Waals surface area contributed by atoms with Crippen molar-refractivity contribution < 1.29 is 23.9 Å². The molecule has 1 atom stereocenters. The maximum Gasteiger partial charge on any atom is 0.311 e. The van der Waals surface area contributed by atoms with Crippen molar-refractivity contribution in [3.05, 3.63) is 64.1 Å². The van der Waals surface area contributed by atoms with Crippen LogP contribution < -0.4 is 15.0 Å². The quantitative estimate of drug-likeness (QED) is 0.491. The highest BCUT2D eigenvalue weighted by Crippen LogP contribution is 2.28. The molecule has 0 radical (unpaired) electrons. The molecule has 0 aliphatic carbocycles. The van der Waals surface area contributed by atoms with Crippen molar-refractivity contribution >= 4 is 40.5 Å². The van der Waals surface area contributed by atoms with Gasteiger partial charge in [0, 0.05) is 24.3 Å². The Labute approximate surface area is 200 Å². The van der Waals surface area contributed by atoms with Crippen LogP contribution in [0.15, 0.2) is 48.5 Å². The van der Waals surface area contributed by atoms with Gasteiger partial charge in [0.1, 0.15) is 12.4 Å². The van der Waals surface area contributed by atoms with Gasteiger partial charge in [-0.15, -0.1) is 10.2 Å². The normalized spacial score (nSPS) is 15.3. The number of esters is 1. The molecule has 1 fully saturated rings. The van der Waals surface area contributed by atoms with Gasteiger partial charge in [-0.1, -0.05) is 29.0 Å². The maximum absolute atomic E-state index is 12.5. The van der Waals surface area contributed by atoms with E-state index in [1.165, 1.54) is 0 Å². The summed E-state index contributed by atoms with van der Waals surface area (Å²) in [5, 5.41) is 11.1. The number of benzene rings is 2. The lowest BCUT2D eigenvalue weighted by molar-refractivity contribution is -0.149. The highest BCUT2D eigenvalue weighted by Gasteiger charge is 2.36. The molecular weight excluding hydrogens is 456 g/mol. The Morgan fingerprint density at radius 2 is 1.85 bits per heavy atom. The number of rotatable bonds is 8.